The van der Waals surface area contributed by atoms with Gasteiger partial charge < -0.3 is 14.6 Å². The molecule has 1 amide bonds. The van der Waals surface area contributed by atoms with E-state index in [1.54, 1.807) is 19.2 Å². The maximum atomic E-state index is 12.2. The van der Waals surface area contributed by atoms with E-state index in [0.717, 1.165) is 5.56 Å². The van der Waals surface area contributed by atoms with E-state index in [1.165, 1.54) is 11.5 Å². The molecule has 1 atom stereocenters. The number of nitrogens with one attached hydrogen (secondary N) is 1. The van der Waals surface area contributed by atoms with Crippen molar-refractivity contribution in [2.75, 3.05) is 18.5 Å². The van der Waals surface area contributed by atoms with Gasteiger partial charge in [-0.25, -0.2) is 0 Å². The van der Waals surface area contributed by atoms with Crippen molar-refractivity contribution in [3.63, 3.8) is 0 Å². The first-order chi connectivity index (χ1) is 8.99. The molecule has 2 rings (SSSR count). The summed E-state index contributed by atoms with van der Waals surface area (Å²) in [6.45, 7) is 3.73. The van der Waals surface area contributed by atoms with Gasteiger partial charge in [0.1, 0.15) is 11.7 Å². The lowest BCUT2D eigenvalue weighted by molar-refractivity contribution is -0.129. The number of aromatic nitrogens is 1. The highest BCUT2D eigenvalue weighted by atomic mass is 16.5. The van der Waals surface area contributed by atoms with Crippen LogP contribution in [0.3, 0.4) is 0 Å². The number of hydrogen-bond acceptors (Lipinski definition) is 4. The molecular weight excluding hydrogens is 248 g/mol. The van der Waals surface area contributed by atoms with Gasteiger partial charge in [0.05, 0.1) is 13.2 Å². The Morgan fingerprint density at radius 1 is 1.47 bits per heavy atom. The number of Topliss-reactive ketones (excluding diaryl/α,β-unsaturated/α-hetero) is 1. The van der Waals surface area contributed by atoms with Gasteiger partial charge in [0, 0.05) is 19.5 Å². The van der Waals surface area contributed by atoms with Crippen LogP contribution in [0.4, 0.5) is 5.69 Å². The van der Waals surface area contributed by atoms with Crippen LogP contribution in [0.1, 0.15) is 24.9 Å². The van der Waals surface area contributed by atoms with Crippen LogP contribution in [0.15, 0.2) is 17.1 Å². The van der Waals surface area contributed by atoms with E-state index in [9.17, 15) is 14.4 Å². The van der Waals surface area contributed by atoms with E-state index >= 15 is 0 Å². The van der Waals surface area contributed by atoms with Crippen molar-refractivity contribution in [1.29, 1.82) is 0 Å². The Balaban J connectivity index is 2.45. The summed E-state index contributed by atoms with van der Waals surface area (Å²) in [5, 5.41) is 2.48. The highest BCUT2D eigenvalue weighted by Gasteiger charge is 2.26. The van der Waals surface area contributed by atoms with Crippen LogP contribution in [0, 0.1) is 6.92 Å². The number of ether oxygens (including phenoxy) is 1. The zero-order chi connectivity index (χ0) is 14.0. The van der Waals surface area contributed by atoms with Gasteiger partial charge in [-0.15, -0.1) is 0 Å². The van der Waals surface area contributed by atoms with Crippen molar-refractivity contribution in [1.82, 2.24) is 4.57 Å². The molecule has 1 aliphatic heterocycles. The summed E-state index contributed by atoms with van der Waals surface area (Å²) in [6, 6.07) is 0.989. The molecule has 0 radical (unpaired) electrons. The van der Waals surface area contributed by atoms with Crippen molar-refractivity contribution in [2.24, 2.45) is 0 Å². The third kappa shape index (κ3) is 2.90. The standard InChI is InChI=1S/C13H16N2O4/c1-8-5-10(14-9(2)16)13(18)15(6-8)11-7-19-4-3-12(11)17/h5-6,11H,3-4,7H2,1-2H3,(H,14,16). The molecule has 19 heavy (non-hydrogen) atoms. The highest BCUT2D eigenvalue weighted by molar-refractivity contribution is 5.88. The number of carbonyl (C=O) groups is 2. The van der Waals surface area contributed by atoms with Crippen molar-refractivity contribution in [3.8, 4) is 0 Å². The molecule has 2 heterocycles. The Hall–Kier alpha value is -1.95. The molecule has 1 fully saturated rings. The zero-order valence-electron chi connectivity index (χ0n) is 10.9. The summed E-state index contributed by atoms with van der Waals surface area (Å²) in [5.74, 6) is -0.340. The first-order valence-electron chi connectivity index (χ1n) is 6.10. The summed E-state index contributed by atoms with van der Waals surface area (Å²) in [7, 11) is 0. The van der Waals surface area contributed by atoms with Crippen LogP contribution >= 0.6 is 0 Å². The predicted octanol–water partition coefficient (Wildman–Crippen LogP) is 0.646. The summed E-state index contributed by atoms with van der Waals surface area (Å²) in [4.78, 5) is 35.2. The minimum absolute atomic E-state index is 0.0206. The molecule has 0 bridgehead atoms. The summed E-state index contributed by atoms with van der Waals surface area (Å²) in [5.41, 5.74) is 0.595. The van der Waals surface area contributed by atoms with Crippen LogP contribution in [0.2, 0.25) is 0 Å². The third-order valence-electron chi connectivity index (χ3n) is 2.97. The van der Waals surface area contributed by atoms with Crippen molar-refractivity contribution in [2.45, 2.75) is 26.3 Å². The van der Waals surface area contributed by atoms with Crippen LogP contribution in [0.5, 0.6) is 0 Å². The second-order valence-corrected chi connectivity index (χ2v) is 4.63. The quantitative estimate of drug-likeness (QED) is 0.850. The lowest BCUT2D eigenvalue weighted by Gasteiger charge is -2.24. The Bertz CT molecular complexity index is 576. The average Bonchev–Trinajstić information content (AvgIpc) is 2.33. The number of amides is 1. The number of carbonyl (C=O) groups excluding carboxylic acids is 2. The molecule has 102 valence electrons. The molecule has 1 unspecified atom stereocenters. The van der Waals surface area contributed by atoms with Gasteiger partial charge in [0.25, 0.3) is 5.56 Å². The van der Waals surface area contributed by atoms with Gasteiger partial charge >= 0.3 is 0 Å². The van der Waals surface area contributed by atoms with Gasteiger partial charge in [-0.3, -0.25) is 14.4 Å². The normalized spacial score (nSPS) is 19.3. The number of nitrogens with zero attached hydrogens (tertiary/aromatic N) is 1. The molecule has 6 nitrogen and oxygen atoms in total. The van der Waals surface area contributed by atoms with Crippen molar-refractivity contribution in [3.05, 3.63) is 28.2 Å². The molecule has 1 saturated heterocycles. The molecule has 0 aromatic carbocycles. The lowest BCUT2D eigenvalue weighted by atomic mass is 10.1. The highest BCUT2D eigenvalue weighted by Crippen LogP contribution is 2.16. The van der Waals surface area contributed by atoms with Gasteiger partial charge in [-0.1, -0.05) is 0 Å². The van der Waals surface area contributed by atoms with Crippen LogP contribution in [0.25, 0.3) is 0 Å². The lowest BCUT2D eigenvalue weighted by Crippen LogP contribution is -2.37. The predicted molar refractivity (Wildman–Crippen MR) is 69.2 cm³/mol. The largest absolute Gasteiger partial charge is 0.378 e. The van der Waals surface area contributed by atoms with E-state index in [-0.39, 0.29) is 29.5 Å². The van der Waals surface area contributed by atoms with Crippen LogP contribution in [-0.4, -0.2) is 29.5 Å². The molecule has 0 spiro atoms. The smallest absolute Gasteiger partial charge is 0.275 e. The van der Waals surface area contributed by atoms with Crippen LogP contribution in [-0.2, 0) is 14.3 Å². The maximum absolute atomic E-state index is 12.2. The number of anilines is 1. The Labute approximate surface area is 110 Å². The van der Waals surface area contributed by atoms with E-state index in [1.807, 2.05) is 0 Å². The number of ketones is 1. The Morgan fingerprint density at radius 3 is 2.84 bits per heavy atom. The molecule has 6 heteroatoms. The van der Waals surface area contributed by atoms with Crippen molar-refractivity contribution >= 4 is 17.4 Å². The number of pyridine rings is 1. The Morgan fingerprint density at radius 2 is 2.21 bits per heavy atom. The average molecular weight is 264 g/mol. The van der Waals surface area contributed by atoms with E-state index in [4.69, 9.17) is 4.74 Å². The van der Waals surface area contributed by atoms with E-state index in [0.29, 0.717) is 13.0 Å². The minimum Gasteiger partial charge on any atom is -0.378 e. The summed E-state index contributed by atoms with van der Waals surface area (Å²) in [6.07, 6.45) is 1.92. The van der Waals surface area contributed by atoms with Gasteiger partial charge in [0.15, 0.2) is 5.78 Å². The summed E-state index contributed by atoms with van der Waals surface area (Å²) >= 11 is 0. The second-order valence-electron chi connectivity index (χ2n) is 4.63. The summed E-state index contributed by atoms with van der Waals surface area (Å²) < 4.78 is 6.60. The Kier molecular flexibility index (Phi) is 3.80. The molecule has 1 aliphatic rings. The molecular formula is C13H16N2O4. The maximum Gasteiger partial charge on any atom is 0.275 e. The molecule has 1 aromatic rings. The van der Waals surface area contributed by atoms with Gasteiger partial charge in [-0.05, 0) is 18.6 Å². The SMILES string of the molecule is CC(=O)Nc1cc(C)cn(C2COCCC2=O)c1=O. The zero-order valence-corrected chi connectivity index (χ0v) is 10.9. The van der Waals surface area contributed by atoms with Crippen molar-refractivity contribution < 1.29 is 14.3 Å². The fourth-order valence-corrected chi connectivity index (χ4v) is 2.12. The first-order valence-corrected chi connectivity index (χ1v) is 6.10. The topological polar surface area (TPSA) is 77.4 Å². The molecule has 0 aliphatic carbocycles. The number of rotatable bonds is 2. The van der Waals surface area contributed by atoms with E-state index < -0.39 is 6.04 Å². The van der Waals surface area contributed by atoms with Gasteiger partial charge in [0.2, 0.25) is 5.91 Å². The first kappa shape index (κ1) is 13.5. The van der Waals surface area contributed by atoms with Crippen LogP contribution < -0.4 is 10.9 Å². The van der Waals surface area contributed by atoms with Gasteiger partial charge in [-0.2, -0.15) is 0 Å². The fourth-order valence-electron chi connectivity index (χ4n) is 2.12. The number of aryl methyl sites for hydroxylation is 1. The number of hydrogen-bond donors (Lipinski definition) is 1. The molecule has 1 N–H and O–H groups in total. The second kappa shape index (κ2) is 5.36. The fraction of sp³-hybridized carbons (Fsp3) is 0.462. The molecule has 0 saturated carbocycles. The van der Waals surface area contributed by atoms with E-state index in [2.05, 4.69) is 5.32 Å². The molecule has 1 aromatic heterocycles. The monoisotopic (exact) mass is 264 g/mol. The minimum atomic E-state index is -0.603. The third-order valence-corrected chi connectivity index (χ3v) is 2.97.